The summed E-state index contributed by atoms with van der Waals surface area (Å²) in [5.41, 5.74) is -1.42. The number of nitro benzene ring substituents is 1. The lowest BCUT2D eigenvalue weighted by atomic mass is 10.1. The van der Waals surface area contributed by atoms with Gasteiger partial charge in [0.15, 0.2) is 11.5 Å². The van der Waals surface area contributed by atoms with E-state index in [1.54, 1.807) is 0 Å². The second-order valence-corrected chi connectivity index (χ2v) is 5.97. The van der Waals surface area contributed by atoms with Crippen LogP contribution in [0.3, 0.4) is 0 Å². The number of alkyl halides is 5. The van der Waals surface area contributed by atoms with E-state index in [-0.39, 0.29) is 11.3 Å². The van der Waals surface area contributed by atoms with E-state index in [2.05, 4.69) is 9.47 Å². The highest BCUT2D eigenvalue weighted by atomic mass is 19.4. The Bertz CT molecular complexity index is 967. The number of para-hydroxylation sites is 1. The van der Waals surface area contributed by atoms with Gasteiger partial charge in [-0.1, -0.05) is 18.2 Å². The molecule has 0 atom stereocenters. The van der Waals surface area contributed by atoms with Gasteiger partial charge < -0.3 is 19.1 Å². The quantitative estimate of drug-likeness (QED) is 0.337. The molecule has 2 aromatic carbocycles. The van der Waals surface area contributed by atoms with E-state index in [9.17, 15) is 36.9 Å². The maximum absolute atomic E-state index is 12.8. The number of methoxy groups -OCH3 is 1. The molecule has 0 N–H and O–H groups in total. The topological polar surface area (TPSA) is 91.1 Å². The van der Waals surface area contributed by atoms with Crippen LogP contribution in [0.25, 0.3) is 0 Å². The molecule has 2 rings (SSSR count). The van der Waals surface area contributed by atoms with Gasteiger partial charge in [-0.3, -0.25) is 14.9 Å². The van der Waals surface area contributed by atoms with E-state index in [0.717, 1.165) is 24.1 Å². The minimum atomic E-state index is -4.97. The van der Waals surface area contributed by atoms with Crippen LogP contribution < -0.4 is 14.2 Å². The summed E-state index contributed by atoms with van der Waals surface area (Å²) in [4.78, 5) is 24.1. The zero-order chi connectivity index (χ0) is 23.3. The van der Waals surface area contributed by atoms with Gasteiger partial charge in [-0.15, -0.1) is 13.2 Å². The smallest absolute Gasteiger partial charge is 0.493 e. The zero-order valence-electron chi connectivity index (χ0n) is 16.0. The molecule has 0 aromatic heterocycles. The van der Waals surface area contributed by atoms with Gasteiger partial charge in [0.25, 0.3) is 11.6 Å². The highest BCUT2D eigenvalue weighted by Crippen LogP contribution is 2.36. The minimum Gasteiger partial charge on any atom is -0.493 e. The van der Waals surface area contributed by atoms with Gasteiger partial charge in [-0.05, 0) is 6.07 Å². The van der Waals surface area contributed by atoms with Crippen LogP contribution in [0.5, 0.6) is 17.2 Å². The third-order valence-corrected chi connectivity index (χ3v) is 3.88. The maximum Gasteiger partial charge on any atom is 0.573 e. The summed E-state index contributed by atoms with van der Waals surface area (Å²) >= 11 is 0. The van der Waals surface area contributed by atoms with Gasteiger partial charge in [-0.25, -0.2) is 0 Å². The summed E-state index contributed by atoms with van der Waals surface area (Å²) in [6, 6.07) is 6.48. The fourth-order valence-corrected chi connectivity index (χ4v) is 2.61. The van der Waals surface area contributed by atoms with Gasteiger partial charge in [0.05, 0.1) is 18.1 Å². The fourth-order valence-electron chi connectivity index (χ4n) is 2.61. The Kier molecular flexibility index (Phi) is 7.20. The normalized spacial score (nSPS) is 11.2. The SMILES string of the molecule is COc1cc(C(=O)N(C)Cc2ccccc2OC(F)(F)F)c([N+](=O)[O-])cc1OC(F)F. The van der Waals surface area contributed by atoms with Crippen molar-refractivity contribution in [1.29, 1.82) is 0 Å². The van der Waals surface area contributed by atoms with Crippen molar-refractivity contribution in [3.05, 3.63) is 57.6 Å². The number of hydrogen-bond donors (Lipinski definition) is 0. The molecular weight excluding hydrogens is 435 g/mol. The summed E-state index contributed by atoms with van der Waals surface area (Å²) in [7, 11) is 2.26. The number of nitrogens with zero attached hydrogens (tertiary/aromatic N) is 2. The van der Waals surface area contributed by atoms with Crippen molar-refractivity contribution in [2.45, 2.75) is 19.5 Å². The molecule has 0 aliphatic rings. The van der Waals surface area contributed by atoms with Crippen LogP contribution in [-0.2, 0) is 6.54 Å². The third-order valence-electron chi connectivity index (χ3n) is 3.88. The second kappa shape index (κ2) is 9.45. The maximum atomic E-state index is 12.8. The number of benzene rings is 2. The summed E-state index contributed by atoms with van der Waals surface area (Å²) in [5, 5.41) is 11.4. The number of carbonyl (C=O) groups is 1. The average molecular weight is 450 g/mol. The highest BCUT2D eigenvalue weighted by molar-refractivity contribution is 5.99. The molecule has 0 bridgehead atoms. The van der Waals surface area contributed by atoms with Gasteiger partial charge >= 0.3 is 13.0 Å². The van der Waals surface area contributed by atoms with Gasteiger partial charge in [0.2, 0.25) is 0 Å². The Labute approximate surface area is 171 Å². The zero-order valence-corrected chi connectivity index (χ0v) is 16.0. The number of amides is 1. The predicted molar refractivity (Wildman–Crippen MR) is 95.2 cm³/mol. The number of ether oxygens (including phenoxy) is 3. The minimum absolute atomic E-state index is 0.0250. The van der Waals surface area contributed by atoms with Crippen molar-refractivity contribution in [2.75, 3.05) is 14.2 Å². The second-order valence-electron chi connectivity index (χ2n) is 5.97. The molecule has 0 unspecified atom stereocenters. The Morgan fingerprint density at radius 2 is 1.81 bits per heavy atom. The van der Waals surface area contributed by atoms with Crippen molar-refractivity contribution in [2.24, 2.45) is 0 Å². The first kappa shape index (κ1) is 23.6. The Hall–Kier alpha value is -3.64. The standard InChI is InChI=1S/C18H15F5N2O6/c1-24(9-10-5-3-4-6-13(10)31-18(21,22)23)16(26)11-7-14(29-2)15(30-17(19)20)8-12(11)25(27)28/h3-8,17H,9H2,1-2H3. The van der Waals surface area contributed by atoms with Crippen LogP contribution in [0.1, 0.15) is 15.9 Å². The summed E-state index contributed by atoms with van der Waals surface area (Å²) in [6.45, 7) is -3.71. The van der Waals surface area contributed by atoms with E-state index in [1.807, 2.05) is 0 Å². The van der Waals surface area contributed by atoms with Gasteiger partial charge in [0.1, 0.15) is 11.3 Å². The van der Waals surface area contributed by atoms with Crippen LogP contribution in [0, 0.1) is 10.1 Å². The van der Waals surface area contributed by atoms with Crippen molar-refractivity contribution >= 4 is 11.6 Å². The van der Waals surface area contributed by atoms with E-state index in [1.165, 1.54) is 25.2 Å². The Morgan fingerprint density at radius 1 is 1.16 bits per heavy atom. The van der Waals surface area contributed by atoms with Crippen molar-refractivity contribution in [3.63, 3.8) is 0 Å². The molecule has 31 heavy (non-hydrogen) atoms. The van der Waals surface area contributed by atoms with Crippen molar-refractivity contribution in [3.8, 4) is 17.2 Å². The van der Waals surface area contributed by atoms with Crippen molar-refractivity contribution in [1.82, 2.24) is 4.90 Å². The number of carbonyl (C=O) groups excluding carboxylic acids is 1. The summed E-state index contributed by atoms with van der Waals surface area (Å²) in [5.74, 6) is -2.56. The lowest BCUT2D eigenvalue weighted by Gasteiger charge is -2.20. The van der Waals surface area contributed by atoms with Crippen LogP contribution in [0.4, 0.5) is 27.6 Å². The molecule has 0 spiro atoms. The molecule has 168 valence electrons. The third kappa shape index (κ3) is 6.17. The average Bonchev–Trinajstić information content (AvgIpc) is 2.67. The monoisotopic (exact) mass is 450 g/mol. The number of hydrogen-bond acceptors (Lipinski definition) is 6. The molecule has 1 amide bonds. The molecule has 8 nitrogen and oxygen atoms in total. The van der Waals surface area contributed by atoms with Crippen molar-refractivity contribution < 1.29 is 45.9 Å². The first-order chi connectivity index (χ1) is 14.4. The van der Waals surface area contributed by atoms with Gasteiger partial charge in [-0.2, -0.15) is 8.78 Å². The number of nitro groups is 1. The largest absolute Gasteiger partial charge is 0.573 e. The Balaban J connectivity index is 2.39. The molecule has 0 aliphatic heterocycles. The Morgan fingerprint density at radius 3 is 2.35 bits per heavy atom. The molecule has 0 fully saturated rings. The van der Waals surface area contributed by atoms with Crippen LogP contribution in [0.15, 0.2) is 36.4 Å². The summed E-state index contributed by atoms with van der Waals surface area (Å²) in [6.07, 6.45) is -4.97. The lowest BCUT2D eigenvalue weighted by Crippen LogP contribution is -2.28. The first-order valence-corrected chi connectivity index (χ1v) is 8.33. The van der Waals surface area contributed by atoms with Gasteiger partial charge in [0, 0.05) is 25.2 Å². The lowest BCUT2D eigenvalue weighted by molar-refractivity contribution is -0.385. The number of halogens is 5. The van der Waals surface area contributed by atoms with E-state index in [4.69, 9.17) is 4.74 Å². The highest BCUT2D eigenvalue weighted by Gasteiger charge is 2.33. The molecule has 0 heterocycles. The molecule has 13 heteroatoms. The van der Waals surface area contributed by atoms with Crippen LogP contribution in [0.2, 0.25) is 0 Å². The molecular formula is C18H15F5N2O6. The molecule has 0 saturated carbocycles. The molecule has 0 aliphatic carbocycles. The molecule has 0 radical (unpaired) electrons. The van der Waals surface area contributed by atoms with E-state index in [0.29, 0.717) is 6.07 Å². The van der Waals surface area contributed by atoms with E-state index < -0.39 is 53.1 Å². The predicted octanol–water partition coefficient (Wildman–Crippen LogP) is 4.38. The molecule has 0 saturated heterocycles. The summed E-state index contributed by atoms with van der Waals surface area (Å²) < 4.78 is 75.7. The van der Waals surface area contributed by atoms with Crippen LogP contribution >= 0.6 is 0 Å². The first-order valence-electron chi connectivity index (χ1n) is 8.33. The fraction of sp³-hybridized carbons (Fsp3) is 0.278. The molecule has 2 aromatic rings. The number of rotatable bonds is 8. The van der Waals surface area contributed by atoms with Crippen LogP contribution in [-0.4, -0.2) is 42.9 Å². The van der Waals surface area contributed by atoms with E-state index >= 15 is 0 Å².